The Kier molecular flexibility index (Phi) is 2.61. The second kappa shape index (κ2) is 3.77. The van der Waals surface area contributed by atoms with Gasteiger partial charge in [-0.25, -0.2) is 0 Å². The standard InChI is InChI=1S/C11H16N2O2/c1-7(2)6-12-9-5-10(14)13(11(9)15)8-3-4-8/h8-9,12H,1,3-6H2,2H3. The number of carbonyl (C=O) groups is 2. The zero-order chi connectivity index (χ0) is 11.0. The lowest BCUT2D eigenvalue weighted by Gasteiger charge is -2.14. The number of likely N-dealkylation sites (tertiary alicyclic amines) is 1. The quantitative estimate of drug-likeness (QED) is 0.539. The van der Waals surface area contributed by atoms with Crippen LogP contribution in [0.4, 0.5) is 0 Å². The van der Waals surface area contributed by atoms with Crippen molar-refractivity contribution in [3.63, 3.8) is 0 Å². The van der Waals surface area contributed by atoms with Gasteiger partial charge in [-0.05, 0) is 19.8 Å². The van der Waals surface area contributed by atoms with Crippen LogP contribution in [0.15, 0.2) is 12.2 Å². The van der Waals surface area contributed by atoms with Crippen LogP contribution in [0.5, 0.6) is 0 Å². The van der Waals surface area contributed by atoms with E-state index < -0.39 is 0 Å². The van der Waals surface area contributed by atoms with E-state index in [-0.39, 0.29) is 23.9 Å². The van der Waals surface area contributed by atoms with Crippen molar-refractivity contribution in [3.05, 3.63) is 12.2 Å². The van der Waals surface area contributed by atoms with E-state index in [1.807, 2.05) is 6.92 Å². The monoisotopic (exact) mass is 208 g/mol. The first-order valence-electron chi connectivity index (χ1n) is 5.33. The second-order valence-corrected chi connectivity index (χ2v) is 4.43. The van der Waals surface area contributed by atoms with Crippen molar-refractivity contribution in [2.75, 3.05) is 6.54 Å². The van der Waals surface area contributed by atoms with Gasteiger partial charge in [-0.1, -0.05) is 12.2 Å². The minimum Gasteiger partial charge on any atom is -0.302 e. The van der Waals surface area contributed by atoms with Crippen LogP contribution in [-0.4, -0.2) is 35.3 Å². The summed E-state index contributed by atoms with van der Waals surface area (Å²) in [6.07, 6.45) is 2.26. The summed E-state index contributed by atoms with van der Waals surface area (Å²) in [6.45, 7) is 6.25. The molecular weight excluding hydrogens is 192 g/mol. The molecule has 1 aliphatic carbocycles. The highest BCUT2D eigenvalue weighted by Crippen LogP contribution is 2.31. The Morgan fingerprint density at radius 1 is 1.53 bits per heavy atom. The Bertz CT molecular complexity index is 321. The summed E-state index contributed by atoms with van der Waals surface area (Å²) >= 11 is 0. The van der Waals surface area contributed by atoms with Gasteiger partial charge in [0.05, 0.1) is 12.5 Å². The molecule has 82 valence electrons. The Labute approximate surface area is 89.3 Å². The molecule has 0 radical (unpaired) electrons. The number of amides is 2. The van der Waals surface area contributed by atoms with Crippen LogP contribution in [0.25, 0.3) is 0 Å². The van der Waals surface area contributed by atoms with Gasteiger partial charge in [0.2, 0.25) is 11.8 Å². The molecule has 0 bridgehead atoms. The van der Waals surface area contributed by atoms with Crippen molar-refractivity contribution in [2.24, 2.45) is 0 Å². The van der Waals surface area contributed by atoms with E-state index in [1.165, 1.54) is 4.90 Å². The van der Waals surface area contributed by atoms with E-state index in [9.17, 15) is 9.59 Å². The van der Waals surface area contributed by atoms with E-state index in [1.54, 1.807) is 0 Å². The third-order valence-corrected chi connectivity index (χ3v) is 2.75. The van der Waals surface area contributed by atoms with Crippen LogP contribution in [-0.2, 0) is 9.59 Å². The molecule has 2 aliphatic rings. The SMILES string of the molecule is C=C(C)CNC1CC(=O)N(C2CC2)C1=O. The van der Waals surface area contributed by atoms with Crippen LogP contribution in [0.1, 0.15) is 26.2 Å². The fraction of sp³-hybridized carbons (Fsp3) is 0.636. The molecule has 1 saturated carbocycles. The lowest BCUT2D eigenvalue weighted by molar-refractivity contribution is -0.139. The van der Waals surface area contributed by atoms with E-state index in [0.717, 1.165) is 18.4 Å². The molecule has 15 heavy (non-hydrogen) atoms. The van der Waals surface area contributed by atoms with Gasteiger partial charge in [-0.15, -0.1) is 0 Å². The third-order valence-electron chi connectivity index (χ3n) is 2.75. The molecule has 1 saturated heterocycles. The highest BCUT2D eigenvalue weighted by atomic mass is 16.2. The second-order valence-electron chi connectivity index (χ2n) is 4.43. The summed E-state index contributed by atoms with van der Waals surface area (Å²) < 4.78 is 0. The van der Waals surface area contributed by atoms with Crippen LogP contribution in [0, 0.1) is 0 Å². The van der Waals surface area contributed by atoms with Gasteiger partial charge >= 0.3 is 0 Å². The first kappa shape index (κ1) is 10.4. The maximum Gasteiger partial charge on any atom is 0.247 e. The summed E-state index contributed by atoms with van der Waals surface area (Å²) in [5.74, 6) is -0.0783. The molecular formula is C11H16N2O2. The Hall–Kier alpha value is -1.16. The number of nitrogens with zero attached hydrogens (tertiary/aromatic N) is 1. The van der Waals surface area contributed by atoms with Crippen LogP contribution in [0.2, 0.25) is 0 Å². The molecule has 2 rings (SSSR count). The number of nitrogens with one attached hydrogen (secondary N) is 1. The normalized spacial score (nSPS) is 26.2. The lowest BCUT2D eigenvalue weighted by Crippen LogP contribution is -2.40. The highest BCUT2D eigenvalue weighted by Gasteiger charge is 2.45. The average Bonchev–Trinajstić information content (AvgIpc) is 2.92. The van der Waals surface area contributed by atoms with Crippen molar-refractivity contribution in [1.29, 1.82) is 0 Å². The molecule has 0 aromatic rings. The molecule has 4 heteroatoms. The van der Waals surface area contributed by atoms with Gasteiger partial charge in [-0.2, -0.15) is 0 Å². The molecule has 1 atom stereocenters. The van der Waals surface area contributed by atoms with Crippen molar-refractivity contribution in [3.8, 4) is 0 Å². The van der Waals surface area contributed by atoms with Crippen molar-refractivity contribution in [2.45, 2.75) is 38.3 Å². The van der Waals surface area contributed by atoms with Gasteiger partial charge in [0.1, 0.15) is 0 Å². The molecule has 2 fully saturated rings. The topological polar surface area (TPSA) is 49.4 Å². The van der Waals surface area contributed by atoms with Gasteiger partial charge in [0.15, 0.2) is 0 Å². The van der Waals surface area contributed by atoms with Crippen LogP contribution >= 0.6 is 0 Å². The summed E-state index contributed by atoms with van der Waals surface area (Å²) in [6, 6.07) is -0.128. The fourth-order valence-corrected chi connectivity index (χ4v) is 1.82. The summed E-state index contributed by atoms with van der Waals surface area (Å²) in [7, 11) is 0. The lowest BCUT2D eigenvalue weighted by atomic mass is 10.2. The Balaban J connectivity index is 1.95. The Morgan fingerprint density at radius 3 is 2.73 bits per heavy atom. The van der Waals surface area contributed by atoms with Crippen molar-refractivity contribution < 1.29 is 9.59 Å². The number of carbonyl (C=O) groups excluding carboxylic acids is 2. The molecule has 1 aliphatic heterocycles. The fourth-order valence-electron chi connectivity index (χ4n) is 1.82. The maximum absolute atomic E-state index is 11.8. The molecule has 1 N–H and O–H groups in total. The largest absolute Gasteiger partial charge is 0.302 e. The van der Waals surface area contributed by atoms with Crippen molar-refractivity contribution >= 4 is 11.8 Å². The van der Waals surface area contributed by atoms with Gasteiger partial charge in [0, 0.05) is 12.6 Å². The average molecular weight is 208 g/mol. The van der Waals surface area contributed by atoms with Crippen LogP contribution in [0.3, 0.4) is 0 Å². The first-order valence-corrected chi connectivity index (χ1v) is 5.33. The number of hydrogen-bond donors (Lipinski definition) is 1. The summed E-state index contributed by atoms with van der Waals surface area (Å²) in [5, 5.41) is 3.06. The zero-order valence-corrected chi connectivity index (χ0v) is 8.95. The molecule has 0 spiro atoms. The predicted octanol–water partition coefficient (Wildman–Crippen LogP) is 0.442. The van der Waals surface area contributed by atoms with Gasteiger partial charge in [0.25, 0.3) is 0 Å². The molecule has 0 aromatic heterocycles. The number of hydrogen-bond acceptors (Lipinski definition) is 3. The van der Waals surface area contributed by atoms with Crippen molar-refractivity contribution in [1.82, 2.24) is 10.2 Å². The smallest absolute Gasteiger partial charge is 0.247 e. The molecule has 1 heterocycles. The number of imide groups is 1. The predicted molar refractivity (Wildman–Crippen MR) is 56.1 cm³/mol. The molecule has 0 aromatic carbocycles. The third kappa shape index (κ3) is 2.09. The summed E-state index contributed by atoms with van der Waals surface area (Å²) in [5.41, 5.74) is 0.972. The van der Waals surface area contributed by atoms with E-state index in [0.29, 0.717) is 13.0 Å². The molecule has 2 amide bonds. The minimum absolute atomic E-state index is 0.0262. The molecule has 1 unspecified atom stereocenters. The molecule has 4 nitrogen and oxygen atoms in total. The van der Waals surface area contributed by atoms with E-state index in [2.05, 4.69) is 11.9 Å². The highest BCUT2D eigenvalue weighted by molar-refractivity contribution is 6.06. The maximum atomic E-state index is 11.8. The van der Waals surface area contributed by atoms with Gasteiger partial charge < -0.3 is 5.32 Å². The zero-order valence-electron chi connectivity index (χ0n) is 8.95. The Morgan fingerprint density at radius 2 is 2.20 bits per heavy atom. The van der Waals surface area contributed by atoms with E-state index >= 15 is 0 Å². The number of rotatable bonds is 4. The first-order chi connectivity index (χ1) is 7.09. The minimum atomic E-state index is -0.324. The van der Waals surface area contributed by atoms with E-state index in [4.69, 9.17) is 0 Å². The van der Waals surface area contributed by atoms with Crippen LogP contribution < -0.4 is 5.32 Å². The van der Waals surface area contributed by atoms with Gasteiger partial charge in [-0.3, -0.25) is 14.5 Å². The summed E-state index contributed by atoms with van der Waals surface area (Å²) in [4.78, 5) is 24.8.